The maximum atomic E-state index is 13.2. The molecular formula is C28H29F3N6O3S. The predicted molar refractivity (Wildman–Crippen MR) is 152 cm³/mol. The van der Waals surface area contributed by atoms with E-state index in [0.717, 1.165) is 37.9 Å². The largest absolute Gasteiger partial charge is 0.493 e. The molecule has 0 saturated heterocycles. The number of imidazole rings is 1. The highest BCUT2D eigenvalue weighted by atomic mass is 32.2. The Labute approximate surface area is 237 Å². The summed E-state index contributed by atoms with van der Waals surface area (Å²) in [7, 11) is 0. The lowest BCUT2D eigenvalue weighted by atomic mass is 10.1. The summed E-state index contributed by atoms with van der Waals surface area (Å²) in [5, 5.41) is 10.1. The number of carbonyl (C=O) groups is 1. The topological polar surface area (TPSA) is 113 Å². The number of hydrogen-bond acceptors (Lipinski definition) is 6. The maximum Gasteiger partial charge on any atom is 0.446 e. The average Bonchev–Trinajstić information content (AvgIpc) is 3.56. The van der Waals surface area contributed by atoms with Gasteiger partial charge in [0.1, 0.15) is 11.6 Å². The molecule has 0 aliphatic heterocycles. The van der Waals surface area contributed by atoms with E-state index in [0.29, 0.717) is 40.5 Å². The molecule has 0 unspecified atom stereocenters. The second-order valence-electron chi connectivity index (χ2n) is 9.81. The van der Waals surface area contributed by atoms with E-state index in [9.17, 15) is 22.8 Å². The van der Waals surface area contributed by atoms with Crippen LogP contribution < -0.4 is 20.9 Å². The number of urea groups is 1. The van der Waals surface area contributed by atoms with Gasteiger partial charge < -0.3 is 20.4 Å². The zero-order valence-electron chi connectivity index (χ0n) is 22.5. The predicted octanol–water partition coefficient (Wildman–Crippen LogP) is 7.10. The molecular weight excluding hydrogens is 557 g/mol. The number of benzene rings is 2. The van der Waals surface area contributed by atoms with Gasteiger partial charge in [-0.15, -0.1) is 5.10 Å². The van der Waals surface area contributed by atoms with E-state index >= 15 is 0 Å². The van der Waals surface area contributed by atoms with E-state index in [-0.39, 0.29) is 34.0 Å². The molecule has 0 radical (unpaired) electrons. The van der Waals surface area contributed by atoms with Crippen molar-refractivity contribution in [1.29, 1.82) is 0 Å². The van der Waals surface area contributed by atoms with Crippen LogP contribution in [-0.4, -0.2) is 37.7 Å². The Kier molecular flexibility index (Phi) is 8.25. The van der Waals surface area contributed by atoms with Crippen molar-refractivity contribution in [2.24, 2.45) is 0 Å². The number of nitrogens with one attached hydrogen (secondary N) is 3. The molecule has 216 valence electrons. The third-order valence-corrected chi connectivity index (χ3v) is 7.46. The van der Waals surface area contributed by atoms with E-state index < -0.39 is 11.5 Å². The van der Waals surface area contributed by atoms with Crippen molar-refractivity contribution in [1.82, 2.24) is 19.6 Å². The summed E-state index contributed by atoms with van der Waals surface area (Å²) in [6.45, 7) is 4.21. The molecule has 2 aromatic heterocycles. The summed E-state index contributed by atoms with van der Waals surface area (Å²) >= 11 is -0.229. The number of fused-ring (bicyclic) bond motifs is 1. The SMILES string of the molecule is CCCOc1ccc(NC(=O)Nc2ccc(SC(F)(F)F)cc2)cc1-c1nn2c(C3CCCC3)nc(C)c2c(=O)[nH]1. The number of ether oxygens (including phenoxy) is 1. The molecule has 0 atom stereocenters. The summed E-state index contributed by atoms with van der Waals surface area (Å²) in [5.74, 6) is 1.75. The van der Waals surface area contributed by atoms with E-state index in [1.54, 1.807) is 29.6 Å². The highest BCUT2D eigenvalue weighted by molar-refractivity contribution is 8.00. The first-order valence-electron chi connectivity index (χ1n) is 13.3. The third kappa shape index (κ3) is 6.67. The number of nitrogens with zero attached hydrogens (tertiary/aromatic N) is 3. The molecule has 1 fully saturated rings. The Bertz CT molecular complexity index is 1610. The maximum absolute atomic E-state index is 13.2. The first-order valence-corrected chi connectivity index (χ1v) is 14.1. The van der Waals surface area contributed by atoms with Crippen LogP contribution in [0, 0.1) is 6.92 Å². The standard InChI is InChI=1S/C28H29F3N6O3S/c1-3-14-40-22-13-10-19(34-27(39)33-18-8-11-20(12-9-18)41-28(29,30)31)15-21(22)24-35-26(38)23-16(2)32-25(37(23)36-24)17-6-4-5-7-17/h8-13,15,17H,3-7,14H2,1-2H3,(H2,33,34,39)(H,35,36,38). The number of halogens is 3. The zero-order valence-corrected chi connectivity index (χ0v) is 23.3. The normalized spacial score (nSPS) is 14.0. The Morgan fingerprint density at radius 2 is 1.80 bits per heavy atom. The number of anilines is 2. The minimum atomic E-state index is -4.39. The van der Waals surface area contributed by atoms with Crippen LogP contribution in [0.1, 0.15) is 56.5 Å². The van der Waals surface area contributed by atoms with Gasteiger partial charge in [-0.3, -0.25) is 4.79 Å². The lowest BCUT2D eigenvalue weighted by molar-refractivity contribution is -0.0328. The minimum Gasteiger partial charge on any atom is -0.493 e. The molecule has 2 aromatic carbocycles. The monoisotopic (exact) mass is 586 g/mol. The van der Waals surface area contributed by atoms with Crippen LogP contribution in [0.4, 0.5) is 29.3 Å². The van der Waals surface area contributed by atoms with Gasteiger partial charge in [-0.2, -0.15) is 13.2 Å². The number of amides is 2. The Morgan fingerprint density at radius 3 is 2.49 bits per heavy atom. The van der Waals surface area contributed by atoms with Gasteiger partial charge in [-0.25, -0.2) is 14.3 Å². The summed E-state index contributed by atoms with van der Waals surface area (Å²) in [6.07, 6.45) is 4.96. The third-order valence-electron chi connectivity index (χ3n) is 6.72. The molecule has 1 aliphatic rings. The smallest absolute Gasteiger partial charge is 0.446 e. The molecule has 9 nitrogen and oxygen atoms in total. The fourth-order valence-corrected chi connectivity index (χ4v) is 5.47. The number of aromatic nitrogens is 4. The molecule has 0 spiro atoms. The number of rotatable bonds is 8. The Hall–Kier alpha value is -4.00. The molecule has 13 heteroatoms. The number of thioether (sulfide) groups is 1. The average molecular weight is 587 g/mol. The van der Waals surface area contributed by atoms with Crippen LogP contribution in [0.15, 0.2) is 52.2 Å². The van der Waals surface area contributed by atoms with Gasteiger partial charge in [0.05, 0.1) is 17.9 Å². The number of alkyl halides is 3. The number of carbonyl (C=O) groups excluding carboxylic acids is 1. The van der Waals surface area contributed by atoms with Crippen molar-refractivity contribution in [2.75, 3.05) is 17.2 Å². The van der Waals surface area contributed by atoms with E-state index in [2.05, 4.69) is 20.6 Å². The molecule has 5 rings (SSSR count). The van der Waals surface area contributed by atoms with E-state index in [1.807, 2.05) is 6.92 Å². The molecule has 0 bridgehead atoms. The van der Waals surface area contributed by atoms with Crippen molar-refractivity contribution < 1.29 is 22.7 Å². The second-order valence-corrected chi connectivity index (χ2v) is 10.9. The first-order chi connectivity index (χ1) is 19.6. The fraction of sp³-hybridized carbons (Fsp3) is 0.357. The Morgan fingerprint density at radius 1 is 1.12 bits per heavy atom. The van der Waals surface area contributed by atoms with Crippen molar-refractivity contribution in [3.63, 3.8) is 0 Å². The quantitative estimate of drug-likeness (QED) is 0.190. The summed E-state index contributed by atoms with van der Waals surface area (Å²) in [5.41, 5.74) is -2.50. The van der Waals surface area contributed by atoms with Crippen LogP contribution in [0.25, 0.3) is 16.9 Å². The second kappa shape index (κ2) is 11.9. The van der Waals surface area contributed by atoms with Crippen LogP contribution in [0.5, 0.6) is 5.75 Å². The van der Waals surface area contributed by atoms with E-state index in [4.69, 9.17) is 9.84 Å². The lowest BCUT2D eigenvalue weighted by Gasteiger charge is -2.14. The molecule has 3 N–H and O–H groups in total. The highest BCUT2D eigenvalue weighted by Crippen LogP contribution is 2.37. The van der Waals surface area contributed by atoms with Crippen molar-refractivity contribution in [3.8, 4) is 17.1 Å². The van der Waals surface area contributed by atoms with Crippen molar-refractivity contribution >= 4 is 34.7 Å². The van der Waals surface area contributed by atoms with Crippen molar-refractivity contribution in [2.45, 2.75) is 62.3 Å². The molecule has 4 aromatic rings. The molecule has 2 amide bonds. The molecule has 1 saturated carbocycles. The number of aromatic amines is 1. The number of aryl methyl sites for hydroxylation is 1. The van der Waals surface area contributed by atoms with E-state index in [1.165, 1.54) is 24.3 Å². The van der Waals surface area contributed by atoms with Gasteiger partial charge >= 0.3 is 11.5 Å². The summed E-state index contributed by atoms with van der Waals surface area (Å²) in [4.78, 5) is 33.4. The van der Waals surface area contributed by atoms with Crippen LogP contribution >= 0.6 is 11.8 Å². The van der Waals surface area contributed by atoms with Gasteiger partial charge in [0.25, 0.3) is 5.56 Å². The van der Waals surface area contributed by atoms with Gasteiger partial charge in [-0.05, 0) is 80.4 Å². The molecule has 1 aliphatic carbocycles. The molecule has 2 heterocycles. The van der Waals surface area contributed by atoms with Gasteiger partial charge in [0, 0.05) is 22.2 Å². The Balaban J connectivity index is 1.43. The zero-order chi connectivity index (χ0) is 29.1. The number of hydrogen-bond donors (Lipinski definition) is 3. The van der Waals surface area contributed by atoms with Crippen LogP contribution in [-0.2, 0) is 0 Å². The van der Waals surface area contributed by atoms with Gasteiger partial charge in [0.15, 0.2) is 11.3 Å². The minimum absolute atomic E-state index is 0.0124. The van der Waals surface area contributed by atoms with Crippen LogP contribution in [0.2, 0.25) is 0 Å². The lowest BCUT2D eigenvalue weighted by Crippen LogP contribution is -2.19. The summed E-state index contributed by atoms with van der Waals surface area (Å²) < 4.78 is 45.3. The van der Waals surface area contributed by atoms with Gasteiger partial charge in [0.2, 0.25) is 0 Å². The molecule has 41 heavy (non-hydrogen) atoms. The first kappa shape index (κ1) is 28.5. The van der Waals surface area contributed by atoms with Crippen LogP contribution in [0.3, 0.4) is 0 Å². The fourth-order valence-electron chi connectivity index (χ4n) is 4.93. The van der Waals surface area contributed by atoms with Crippen molar-refractivity contribution in [3.05, 3.63) is 64.3 Å². The summed E-state index contributed by atoms with van der Waals surface area (Å²) in [6, 6.07) is 9.73. The number of H-pyrrole nitrogens is 1. The van der Waals surface area contributed by atoms with Gasteiger partial charge in [-0.1, -0.05) is 19.8 Å². The highest BCUT2D eigenvalue weighted by Gasteiger charge is 2.29.